The summed E-state index contributed by atoms with van der Waals surface area (Å²) in [7, 11) is 3.72. The molecule has 1 aliphatic rings. The van der Waals surface area contributed by atoms with Crippen LogP contribution in [0.2, 0.25) is 0 Å². The Morgan fingerprint density at radius 3 is 2.72 bits per heavy atom. The van der Waals surface area contributed by atoms with Crippen molar-refractivity contribution in [2.75, 3.05) is 27.4 Å². The lowest BCUT2D eigenvalue weighted by Crippen LogP contribution is -2.30. The molecule has 0 amide bonds. The van der Waals surface area contributed by atoms with Crippen LogP contribution >= 0.6 is 15.9 Å². The lowest BCUT2D eigenvalue weighted by atomic mass is 9.87. The van der Waals surface area contributed by atoms with Gasteiger partial charge in [-0.25, -0.2) is 0 Å². The van der Waals surface area contributed by atoms with Crippen LogP contribution in [0.1, 0.15) is 24.4 Å². The van der Waals surface area contributed by atoms with E-state index in [0.29, 0.717) is 12.0 Å². The third-order valence-corrected chi connectivity index (χ3v) is 4.31. The van der Waals surface area contributed by atoms with E-state index in [2.05, 4.69) is 33.4 Å². The summed E-state index contributed by atoms with van der Waals surface area (Å²) in [5, 5.41) is 3.44. The summed E-state index contributed by atoms with van der Waals surface area (Å²) in [4.78, 5) is 0. The van der Waals surface area contributed by atoms with E-state index < -0.39 is 0 Å². The van der Waals surface area contributed by atoms with Gasteiger partial charge >= 0.3 is 0 Å². The number of ether oxygens (including phenoxy) is 2. The van der Waals surface area contributed by atoms with E-state index in [0.717, 1.165) is 36.3 Å². The third-order valence-electron chi connectivity index (χ3n) is 3.59. The minimum absolute atomic E-state index is 0.346. The fourth-order valence-electron chi connectivity index (χ4n) is 2.58. The van der Waals surface area contributed by atoms with Gasteiger partial charge in [0.1, 0.15) is 5.75 Å². The average molecular weight is 314 g/mol. The number of rotatable bonds is 4. The van der Waals surface area contributed by atoms with Crippen LogP contribution in [-0.2, 0) is 4.74 Å². The molecule has 0 aliphatic carbocycles. The van der Waals surface area contributed by atoms with Gasteiger partial charge in [-0.3, -0.25) is 0 Å². The Kier molecular flexibility index (Phi) is 5.03. The highest BCUT2D eigenvalue weighted by Crippen LogP contribution is 2.35. The molecule has 2 rings (SSSR count). The fourth-order valence-corrected chi connectivity index (χ4v) is 3.07. The van der Waals surface area contributed by atoms with Gasteiger partial charge in [-0.1, -0.05) is 15.9 Å². The summed E-state index contributed by atoms with van der Waals surface area (Å²) < 4.78 is 11.9. The molecule has 100 valence electrons. The molecule has 0 spiro atoms. The van der Waals surface area contributed by atoms with E-state index in [1.54, 1.807) is 7.11 Å². The summed E-state index contributed by atoms with van der Waals surface area (Å²) in [6, 6.07) is 6.49. The van der Waals surface area contributed by atoms with Crippen molar-refractivity contribution >= 4 is 15.9 Å². The first kappa shape index (κ1) is 13.8. The van der Waals surface area contributed by atoms with Gasteiger partial charge in [0.15, 0.2) is 0 Å². The number of halogens is 1. The van der Waals surface area contributed by atoms with Crippen molar-refractivity contribution in [1.29, 1.82) is 0 Å². The third kappa shape index (κ3) is 3.05. The fraction of sp³-hybridized carbons (Fsp3) is 0.571. The zero-order chi connectivity index (χ0) is 13.0. The number of nitrogens with one attached hydrogen (secondary N) is 1. The molecule has 1 aromatic rings. The van der Waals surface area contributed by atoms with Crippen molar-refractivity contribution in [2.24, 2.45) is 5.92 Å². The Hall–Kier alpha value is -0.580. The standard InChI is InChI=1S/C14H20BrNO2/c1-16-14(10-5-7-18-8-6-10)12-9-11(17-2)3-4-13(12)15/h3-4,9-10,14,16H,5-8H2,1-2H3. The van der Waals surface area contributed by atoms with E-state index in [-0.39, 0.29) is 0 Å². The maximum atomic E-state index is 5.44. The first-order valence-electron chi connectivity index (χ1n) is 6.34. The number of benzene rings is 1. The zero-order valence-electron chi connectivity index (χ0n) is 10.9. The van der Waals surface area contributed by atoms with Gasteiger partial charge in [0.25, 0.3) is 0 Å². The van der Waals surface area contributed by atoms with Crippen molar-refractivity contribution in [1.82, 2.24) is 5.32 Å². The van der Waals surface area contributed by atoms with Crippen LogP contribution in [0.15, 0.2) is 22.7 Å². The normalized spacial score (nSPS) is 18.6. The highest BCUT2D eigenvalue weighted by Gasteiger charge is 2.25. The zero-order valence-corrected chi connectivity index (χ0v) is 12.5. The molecule has 4 heteroatoms. The lowest BCUT2D eigenvalue weighted by molar-refractivity contribution is 0.0545. The highest BCUT2D eigenvalue weighted by molar-refractivity contribution is 9.10. The molecule has 1 heterocycles. The van der Waals surface area contributed by atoms with Crippen LogP contribution in [0.4, 0.5) is 0 Å². The Balaban J connectivity index is 2.25. The molecule has 1 unspecified atom stereocenters. The summed E-state index contributed by atoms with van der Waals surface area (Å²) >= 11 is 3.64. The minimum Gasteiger partial charge on any atom is -0.497 e. The van der Waals surface area contributed by atoms with E-state index in [1.165, 1.54) is 5.56 Å². The summed E-state index contributed by atoms with van der Waals surface area (Å²) in [5.41, 5.74) is 1.27. The largest absolute Gasteiger partial charge is 0.497 e. The SMILES string of the molecule is CNC(c1cc(OC)ccc1Br)C1CCOCC1. The van der Waals surface area contributed by atoms with Crippen molar-refractivity contribution in [3.05, 3.63) is 28.2 Å². The van der Waals surface area contributed by atoms with Crippen LogP contribution < -0.4 is 10.1 Å². The Morgan fingerprint density at radius 1 is 1.39 bits per heavy atom. The van der Waals surface area contributed by atoms with Crippen LogP contribution in [0.5, 0.6) is 5.75 Å². The Bertz CT molecular complexity index is 391. The first-order chi connectivity index (χ1) is 8.76. The summed E-state index contributed by atoms with van der Waals surface area (Å²) in [5.74, 6) is 1.52. The lowest BCUT2D eigenvalue weighted by Gasteiger charge is -2.31. The molecule has 1 aliphatic heterocycles. The second-order valence-corrected chi connectivity index (χ2v) is 5.46. The van der Waals surface area contributed by atoms with Gasteiger partial charge in [0, 0.05) is 23.7 Å². The molecule has 0 saturated carbocycles. The van der Waals surface area contributed by atoms with Gasteiger partial charge in [-0.2, -0.15) is 0 Å². The van der Waals surface area contributed by atoms with Crippen LogP contribution in [-0.4, -0.2) is 27.4 Å². The quantitative estimate of drug-likeness (QED) is 0.926. The number of methoxy groups -OCH3 is 1. The Labute approximate surface area is 117 Å². The van der Waals surface area contributed by atoms with Gasteiger partial charge < -0.3 is 14.8 Å². The summed E-state index contributed by atoms with van der Waals surface area (Å²) in [6.07, 6.45) is 2.21. The Morgan fingerprint density at radius 2 is 2.11 bits per heavy atom. The topological polar surface area (TPSA) is 30.5 Å². The van der Waals surface area contributed by atoms with E-state index in [9.17, 15) is 0 Å². The van der Waals surface area contributed by atoms with Gasteiger partial charge in [0.05, 0.1) is 7.11 Å². The molecule has 1 aromatic carbocycles. The van der Waals surface area contributed by atoms with Crippen molar-refractivity contribution in [3.8, 4) is 5.75 Å². The van der Waals surface area contributed by atoms with E-state index in [4.69, 9.17) is 9.47 Å². The molecule has 1 fully saturated rings. The number of hydrogen-bond acceptors (Lipinski definition) is 3. The van der Waals surface area contributed by atoms with Crippen molar-refractivity contribution in [3.63, 3.8) is 0 Å². The summed E-state index contributed by atoms with van der Waals surface area (Å²) in [6.45, 7) is 1.73. The van der Waals surface area contributed by atoms with Gasteiger partial charge in [0.2, 0.25) is 0 Å². The second kappa shape index (κ2) is 6.55. The molecule has 1 N–H and O–H groups in total. The molecule has 1 saturated heterocycles. The van der Waals surface area contributed by atoms with Crippen molar-refractivity contribution in [2.45, 2.75) is 18.9 Å². The maximum Gasteiger partial charge on any atom is 0.119 e. The monoisotopic (exact) mass is 313 g/mol. The van der Waals surface area contributed by atoms with Crippen LogP contribution in [0.25, 0.3) is 0 Å². The van der Waals surface area contributed by atoms with Crippen LogP contribution in [0, 0.1) is 5.92 Å². The molecule has 0 radical (unpaired) electrons. The van der Waals surface area contributed by atoms with Crippen LogP contribution in [0.3, 0.4) is 0 Å². The molecule has 0 aromatic heterocycles. The molecule has 18 heavy (non-hydrogen) atoms. The second-order valence-electron chi connectivity index (χ2n) is 4.60. The molecule has 3 nitrogen and oxygen atoms in total. The maximum absolute atomic E-state index is 5.44. The van der Waals surface area contributed by atoms with Gasteiger partial charge in [-0.15, -0.1) is 0 Å². The predicted octanol–water partition coefficient (Wildman–Crippen LogP) is 3.14. The molecule has 1 atom stereocenters. The van der Waals surface area contributed by atoms with E-state index >= 15 is 0 Å². The minimum atomic E-state index is 0.346. The van der Waals surface area contributed by atoms with Crippen molar-refractivity contribution < 1.29 is 9.47 Å². The first-order valence-corrected chi connectivity index (χ1v) is 7.14. The smallest absolute Gasteiger partial charge is 0.119 e. The van der Waals surface area contributed by atoms with Gasteiger partial charge in [-0.05, 0) is 49.6 Å². The number of hydrogen-bond donors (Lipinski definition) is 1. The molecular weight excluding hydrogens is 294 g/mol. The average Bonchev–Trinajstić information content (AvgIpc) is 2.43. The highest BCUT2D eigenvalue weighted by atomic mass is 79.9. The predicted molar refractivity (Wildman–Crippen MR) is 76.0 cm³/mol. The van der Waals surface area contributed by atoms with E-state index in [1.807, 2.05) is 13.1 Å². The molecule has 0 bridgehead atoms. The molecular formula is C14H20BrNO2.